The number of pyridine rings is 1. The van der Waals surface area contributed by atoms with E-state index >= 15 is 0 Å². The highest BCUT2D eigenvalue weighted by molar-refractivity contribution is 6.31. The first-order valence-corrected chi connectivity index (χ1v) is 8.63. The minimum absolute atomic E-state index is 0.0197. The average molecular weight is 370 g/mol. The summed E-state index contributed by atoms with van der Waals surface area (Å²) in [7, 11) is 0. The molecule has 6 nitrogen and oxygen atoms in total. The Morgan fingerprint density at radius 1 is 1.24 bits per heavy atom. The van der Waals surface area contributed by atoms with E-state index in [9.17, 15) is 14.4 Å². The number of carbonyl (C=O) groups excluding carboxylic acids is 3. The Balaban J connectivity index is 2.83. The summed E-state index contributed by atoms with van der Waals surface area (Å²) in [5, 5.41) is 0.304. The number of hydrogen-bond acceptors (Lipinski definition) is 6. The number of aromatic nitrogens is 1. The molecular formula is C18H24ClNO5. The van der Waals surface area contributed by atoms with Gasteiger partial charge in [-0.05, 0) is 25.3 Å². The topological polar surface area (TPSA) is 82.6 Å². The highest BCUT2D eigenvalue weighted by Gasteiger charge is 2.28. The second kappa shape index (κ2) is 10.9. The van der Waals surface area contributed by atoms with Crippen molar-refractivity contribution in [3.05, 3.63) is 29.0 Å². The predicted molar refractivity (Wildman–Crippen MR) is 93.6 cm³/mol. The molecule has 1 unspecified atom stereocenters. The van der Waals surface area contributed by atoms with Gasteiger partial charge in [-0.1, -0.05) is 25.4 Å². The van der Waals surface area contributed by atoms with E-state index in [-0.39, 0.29) is 43.3 Å². The fraction of sp³-hybridized carbons (Fsp3) is 0.556. The van der Waals surface area contributed by atoms with Crippen LogP contribution >= 0.6 is 11.6 Å². The maximum Gasteiger partial charge on any atom is 0.305 e. The lowest BCUT2D eigenvalue weighted by Gasteiger charge is -2.15. The molecule has 1 atom stereocenters. The Bertz CT molecular complexity index is 603. The maximum atomic E-state index is 12.7. The molecule has 0 amide bonds. The molecular weight excluding hydrogens is 346 g/mol. The Hall–Kier alpha value is -1.79. The molecule has 0 fully saturated rings. The van der Waals surface area contributed by atoms with E-state index < -0.39 is 17.7 Å². The number of ketones is 2. The van der Waals surface area contributed by atoms with Crippen molar-refractivity contribution < 1.29 is 23.9 Å². The molecule has 0 aromatic carbocycles. The Morgan fingerprint density at radius 3 is 2.56 bits per heavy atom. The van der Waals surface area contributed by atoms with Crippen LogP contribution in [0.15, 0.2) is 18.5 Å². The van der Waals surface area contributed by atoms with Gasteiger partial charge in [-0.15, -0.1) is 0 Å². The standard InChI is InChI=1S/C18H24ClNO5/c1-4-25-17(22)6-5-15(16(21)11-24-10-12(2)3)18(23)13-7-14(19)9-20-8-13/h7-9,12,15H,4-6,10-11H2,1-3H3. The predicted octanol–water partition coefficient (Wildman–Crippen LogP) is 3.12. The van der Waals surface area contributed by atoms with E-state index in [0.29, 0.717) is 11.6 Å². The highest BCUT2D eigenvalue weighted by Crippen LogP contribution is 2.18. The molecule has 138 valence electrons. The zero-order valence-corrected chi connectivity index (χ0v) is 15.5. The van der Waals surface area contributed by atoms with E-state index in [1.165, 1.54) is 18.5 Å². The number of hydrogen-bond donors (Lipinski definition) is 0. The van der Waals surface area contributed by atoms with Crippen LogP contribution in [0.25, 0.3) is 0 Å². The second-order valence-electron chi connectivity index (χ2n) is 6.03. The Morgan fingerprint density at radius 2 is 1.96 bits per heavy atom. The number of nitrogens with zero attached hydrogens (tertiary/aromatic N) is 1. The number of carbonyl (C=O) groups is 3. The second-order valence-corrected chi connectivity index (χ2v) is 6.46. The van der Waals surface area contributed by atoms with Gasteiger partial charge in [-0.3, -0.25) is 19.4 Å². The monoisotopic (exact) mass is 369 g/mol. The lowest BCUT2D eigenvalue weighted by Crippen LogP contribution is -2.29. The molecule has 0 aliphatic rings. The van der Waals surface area contributed by atoms with E-state index in [1.54, 1.807) is 6.92 Å². The minimum atomic E-state index is -0.989. The van der Waals surface area contributed by atoms with Crippen LogP contribution in [0.1, 0.15) is 44.0 Å². The van der Waals surface area contributed by atoms with Crippen LogP contribution in [-0.2, 0) is 19.1 Å². The van der Waals surface area contributed by atoms with Gasteiger partial charge in [0.15, 0.2) is 11.6 Å². The summed E-state index contributed by atoms with van der Waals surface area (Å²) in [6, 6.07) is 1.45. The molecule has 1 heterocycles. The van der Waals surface area contributed by atoms with Crippen molar-refractivity contribution in [3.63, 3.8) is 0 Å². The molecule has 0 aliphatic carbocycles. The summed E-state index contributed by atoms with van der Waals surface area (Å²) in [6.07, 6.45) is 2.80. The number of ether oxygens (including phenoxy) is 2. The fourth-order valence-electron chi connectivity index (χ4n) is 2.18. The van der Waals surface area contributed by atoms with Gasteiger partial charge >= 0.3 is 5.97 Å². The molecule has 1 rings (SSSR count). The number of halogens is 1. The summed E-state index contributed by atoms with van der Waals surface area (Å²) in [5.41, 5.74) is 0.235. The van der Waals surface area contributed by atoms with Gasteiger partial charge in [0, 0.05) is 31.0 Å². The van der Waals surface area contributed by atoms with Crippen LogP contribution in [0, 0.1) is 11.8 Å². The quantitative estimate of drug-likeness (QED) is 0.338. The third-order valence-electron chi connectivity index (χ3n) is 3.33. The third kappa shape index (κ3) is 7.75. The van der Waals surface area contributed by atoms with Crippen molar-refractivity contribution in [2.45, 2.75) is 33.6 Å². The van der Waals surface area contributed by atoms with E-state index in [1.807, 2.05) is 13.8 Å². The van der Waals surface area contributed by atoms with E-state index in [0.717, 1.165) is 0 Å². The van der Waals surface area contributed by atoms with Gasteiger partial charge in [-0.2, -0.15) is 0 Å². The average Bonchev–Trinajstić information content (AvgIpc) is 2.54. The summed E-state index contributed by atoms with van der Waals surface area (Å²) in [4.78, 5) is 40.6. The molecule has 1 aromatic rings. The van der Waals surface area contributed by atoms with Gasteiger partial charge in [0.2, 0.25) is 0 Å². The molecule has 7 heteroatoms. The molecule has 25 heavy (non-hydrogen) atoms. The molecule has 0 spiro atoms. The molecule has 0 saturated carbocycles. The molecule has 0 saturated heterocycles. The first-order chi connectivity index (χ1) is 11.8. The van der Waals surface area contributed by atoms with E-state index in [4.69, 9.17) is 21.1 Å². The molecule has 0 N–H and O–H groups in total. The lowest BCUT2D eigenvalue weighted by atomic mass is 9.90. The van der Waals surface area contributed by atoms with Crippen LogP contribution < -0.4 is 0 Å². The van der Waals surface area contributed by atoms with Crippen LogP contribution in [-0.4, -0.2) is 42.3 Å². The van der Waals surface area contributed by atoms with Gasteiger partial charge in [0.1, 0.15) is 6.61 Å². The van der Waals surface area contributed by atoms with Crippen molar-refractivity contribution in [2.24, 2.45) is 11.8 Å². The zero-order chi connectivity index (χ0) is 18.8. The van der Waals surface area contributed by atoms with Gasteiger partial charge in [0.25, 0.3) is 0 Å². The lowest BCUT2D eigenvalue weighted by molar-refractivity contribution is -0.143. The van der Waals surface area contributed by atoms with Crippen LogP contribution in [0.3, 0.4) is 0 Å². The van der Waals surface area contributed by atoms with Crippen molar-refractivity contribution in [1.29, 1.82) is 0 Å². The third-order valence-corrected chi connectivity index (χ3v) is 3.54. The zero-order valence-electron chi connectivity index (χ0n) is 14.8. The number of Topliss-reactive ketones (excluding diaryl/α,β-unsaturated/α-hetero) is 2. The fourth-order valence-corrected chi connectivity index (χ4v) is 2.35. The smallest absolute Gasteiger partial charge is 0.305 e. The number of esters is 1. The first-order valence-electron chi connectivity index (χ1n) is 8.26. The first kappa shape index (κ1) is 21.3. The van der Waals surface area contributed by atoms with Crippen LogP contribution in [0.5, 0.6) is 0 Å². The Kier molecular flexibility index (Phi) is 9.31. The summed E-state index contributed by atoms with van der Waals surface area (Å²) >= 11 is 5.86. The van der Waals surface area contributed by atoms with E-state index in [2.05, 4.69) is 4.98 Å². The number of rotatable bonds is 11. The van der Waals surface area contributed by atoms with Crippen molar-refractivity contribution in [2.75, 3.05) is 19.8 Å². The summed E-state index contributed by atoms with van der Waals surface area (Å²) < 4.78 is 10.2. The van der Waals surface area contributed by atoms with Gasteiger partial charge in [-0.25, -0.2) is 0 Å². The molecule has 0 radical (unpaired) electrons. The van der Waals surface area contributed by atoms with Crippen LogP contribution in [0.4, 0.5) is 0 Å². The van der Waals surface area contributed by atoms with Crippen molar-refractivity contribution >= 4 is 29.1 Å². The van der Waals surface area contributed by atoms with Gasteiger partial charge < -0.3 is 9.47 Å². The van der Waals surface area contributed by atoms with Crippen molar-refractivity contribution in [3.8, 4) is 0 Å². The van der Waals surface area contributed by atoms with Crippen LogP contribution in [0.2, 0.25) is 5.02 Å². The SMILES string of the molecule is CCOC(=O)CCC(C(=O)COCC(C)C)C(=O)c1cncc(Cl)c1. The molecule has 0 aliphatic heterocycles. The molecule has 1 aromatic heterocycles. The highest BCUT2D eigenvalue weighted by atomic mass is 35.5. The molecule has 0 bridgehead atoms. The summed E-state index contributed by atoms with van der Waals surface area (Å²) in [5.74, 6) is -1.94. The Labute approximate surface area is 152 Å². The maximum absolute atomic E-state index is 12.7. The minimum Gasteiger partial charge on any atom is -0.466 e. The largest absolute Gasteiger partial charge is 0.466 e. The van der Waals surface area contributed by atoms with Crippen molar-refractivity contribution in [1.82, 2.24) is 4.98 Å². The summed E-state index contributed by atoms with van der Waals surface area (Å²) in [6.45, 7) is 6.12. The van der Waals surface area contributed by atoms with Gasteiger partial charge in [0.05, 0.1) is 17.5 Å². The normalized spacial score (nSPS) is 12.0.